The van der Waals surface area contributed by atoms with Gasteiger partial charge < -0.3 is 10.2 Å². The maximum atomic E-state index is 13.5. The van der Waals surface area contributed by atoms with Crippen LogP contribution in [0.15, 0.2) is 91.3 Å². The molecule has 1 N–H and O–H groups in total. The monoisotopic (exact) mass is 605 g/mol. The molecule has 0 spiro atoms. The molecule has 0 saturated heterocycles. The number of amides is 1. The molecule has 45 heavy (non-hydrogen) atoms. The SMILES string of the molecule is C#C.CC.CCC.CN1/C=C\Cc2cccc(c2)C/C=C\Cc2ccc(cc2)CC(C(=O)C2CCC2)NC(=O)c2cccnc21. The summed E-state index contributed by atoms with van der Waals surface area (Å²) >= 11 is 0. The van der Waals surface area contributed by atoms with Crippen LogP contribution >= 0.6 is 0 Å². The van der Waals surface area contributed by atoms with Gasteiger partial charge in [0.2, 0.25) is 0 Å². The summed E-state index contributed by atoms with van der Waals surface area (Å²) in [6.07, 6.45) is 25.3. The second kappa shape index (κ2) is 20.5. The van der Waals surface area contributed by atoms with Gasteiger partial charge in [-0.25, -0.2) is 4.98 Å². The Morgan fingerprint density at radius 3 is 2.04 bits per heavy atom. The third-order valence-electron chi connectivity index (χ3n) is 7.53. The van der Waals surface area contributed by atoms with Crippen molar-refractivity contribution in [2.24, 2.45) is 5.92 Å². The van der Waals surface area contributed by atoms with E-state index >= 15 is 0 Å². The van der Waals surface area contributed by atoms with Gasteiger partial charge in [0.1, 0.15) is 5.82 Å². The standard InChI is InChI=1S/C33H35N3O2.C3H8.C2H6.C2H2/c1-36-21-7-12-26-11-4-10-25(22-26)9-3-2-8-24-16-18-27(19-17-24)23-30(31(37)28-13-5-14-28)35-33(38)29-15-6-20-34-32(29)36;1-3-2;2*1-2/h2-4,6-7,10-11,15-22,28,30H,5,8-9,12-14,23H2,1H3,(H,35,38);3H2,1-2H3;1-2H3;1-2H/b3-2-,21-7-;;;. The zero-order valence-corrected chi connectivity index (χ0v) is 27.8. The van der Waals surface area contributed by atoms with Crippen LogP contribution in [0.1, 0.15) is 86.0 Å². The average Bonchev–Trinajstić information content (AvgIpc) is 3.05. The number of nitrogens with zero attached hydrogens (tertiary/aromatic N) is 2. The fourth-order valence-corrected chi connectivity index (χ4v) is 5.08. The molecule has 1 aliphatic carbocycles. The number of nitrogens with one attached hydrogen (secondary N) is 1. The molecule has 1 atom stereocenters. The Hall–Kier alpha value is -4.43. The highest BCUT2D eigenvalue weighted by Crippen LogP contribution is 2.29. The summed E-state index contributed by atoms with van der Waals surface area (Å²) in [4.78, 5) is 33.2. The number of allylic oxidation sites excluding steroid dienone is 3. The molecule has 0 radical (unpaired) electrons. The zero-order valence-electron chi connectivity index (χ0n) is 27.8. The van der Waals surface area contributed by atoms with Crippen LogP contribution in [0.5, 0.6) is 0 Å². The van der Waals surface area contributed by atoms with E-state index in [9.17, 15) is 9.59 Å². The fourth-order valence-electron chi connectivity index (χ4n) is 5.08. The van der Waals surface area contributed by atoms with Crippen molar-refractivity contribution < 1.29 is 9.59 Å². The van der Waals surface area contributed by atoms with E-state index in [0.717, 1.165) is 44.1 Å². The van der Waals surface area contributed by atoms with Crippen molar-refractivity contribution in [3.05, 3.63) is 119 Å². The largest absolute Gasteiger partial charge is 0.342 e. The number of aromatic nitrogens is 1. The first kappa shape index (κ1) is 36.8. The van der Waals surface area contributed by atoms with E-state index in [0.29, 0.717) is 17.8 Å². The summed E-state index contributed by atoms with van der Waals surface area (Å²) < 4.78 is 0. The second-order valence-corrected chi connectivity index (χ2v) is 11.1. The third-order valence-corrected chi connectivity index (χ3v) is 7.53. The van der Waals surface area contributed by atoms with E-state index in [1.807, 2.05) is 32.0 Å². The predicted octanol–water partition coefficient (Wildman–Crippen LogP) is 8.33. The van der Waals surface area contributed by atoms with Crippen LogP contribution in [0.2, 0.25) is 0 Å². The van der Waals surface area contributed by atoms with Crippen LogP contribution in [0.4, 0.5) is 5.82 Å². The van der Waals surface area contributed by atoms with E-state index in [1.54, 1.807) is 18.3 Å². The molecule has 2 aromatic carbocycles. The molecule has 1 aromatic heterocycles. The first-order valence-corrected chi connectivity index (χ1v) is 16.3. The lowest BCUT2D eigenvalue weighted by Crippen LogP contribution is -2.46. The molecule has 6 rings (SSSR count). The lowest BCUT2D eigenvalue weighted by atomic mass is 9.78. The molecular weight excluding hydrogens is 554 g/mol. The minimum atomic E-state index is -0.562. The molecule has 3 heterocycles. The number of hydrogen-bond acceptors (Lipinski definition) is 4. The molecule has 1 amide bonds. The van der Waals surface area contributed by atoms with Crippen molar-refractivity contribution in [1.29, 1.82) is 0 Å². The molecule has 238 valence electrons. The van der Waals surface area contributed by atoms with E-state index in [1.165, 1.54) is 23.1 Å². The predicted molar refractivity (Wildman–Crippen MR) is 189 cm³/mol. The Balaban J connectivity index is 0.000000934. The average molecular weight is 606 g/mol. The number of benzene rings is 2. The lowest BCUT2D eigenvalue weighted by Gasteiger charge is -2.29. The van der Waals surface area contributed by atoms with E-state index in [-0.39, 0.29) is 17.6 Å². The maximum absolute atomic E-state index is 13.5. The van der Waals surface area contributed by atoms with E-state index in [2.05, 4.69) is 104 Å². The van der Waals surface area contributed by atoms with Gasteiger partial charge in [0.05, 0.1) is 11.6 Å². The van der Waals surface area contributed by atoms with Gasteiger partial charge in [-0.1, -0.05) is 107 Å². The summed E-state index contributed by atoms with van der Waals surface area (Å²) in [5.41, 5.74) is 5.25. The molecule has 2 aliphatic heterocycles. The van der Waals surface area contributed by atoms with Crippen molar-refractivity contribution in [3.8, 4) is 12.8 Å². The number of Topliss-reactive ketones (excluding diaryl/α,β-unsaturated/α-hetero) is 1. The highest BCUT2D eigenvalue weighted by molar-refractivity contribution is 6.02. The van der Waals surface area contributed by atoms with Crippen LogP contribution in [0.3, 0.4) is 0 Å². The Bertz CT molecular complexity index is 1400. The molecule has 1 fully saturated rings. The molecule has 3 aromatic rings. The number of hydrogen-bond donors (Lipinski definition) is 1. The van der Waals surface area contributed by atoms with Gasteiger partial charge in [-0.3, -0.25) is 9.59 Å². The first-order valence-electron chi connectivity index (χ1n) is 16.3. The van der Waals surface area contributed by atoms with E-state index < -0.39 is 6.04 Å². The summed E-state index contributed by atoms with van der Waals surface area (Å²) in [7, 11) is 1.89. The minimum absolute atomic E-state index is 0.0380. The van der Waals surface area contributed by atoms with Gasteiger partial charge in [-0.2, -0.15) is 0 Å². The van der Waals surface area contributed by atoms with Crippen LogP contribution in [0.25, 0.3) is 0 Å². The number of rotatable bonds is 2. The molecule has 1 saturated carbocycles. The van der Waals surface area contributed by atoms with E-state index in [4.69, 9.17) is 0 Å². The molecular formula is C40H51N3O2. The summed E-state index contributed by atoms with van der Waals surface area (Å²) in [6, 6.07) is 20.0. The van der Waals surface area contributed by atoms with Crippen LogP contribution in [-0.2, 0) is 30.5 Å². The molecule has 4 bridgehead atoms. The zero-order chi connectivity index (χ0) is 33.0. The van der Waals surface area contributed by atoms with Crippen molar-refractivity contribution >= 4 is 17.5 Å². The van der Waals surface area contributed by atoms with Gasteiger partial charge in [0.25, 0.3) is 5.91 Å². The number of carbonyl (C=O) groups excluding carboxylic acids is 2. The molecule has 5 heteroatoms. The Labute approximate surface area is 271 Å². The number of fused-ring (bicyclic) bond motifs is 9. The number of anilines is 1. The van der Waals surface area contributed by atoms with Gasteiger partial charge in [0.15, 0.2) is 5.78 Å². The second-order valence-electron chi connectivity index (χ2n) is 11.1. The minimum Gasteiger partial charge on any atom is -0.342 e. The van der Waals surface area contributed by atoms with Gasteiger partial charge in [0, 0.05) is 25.4 Å². The van der Waals surface area contributed by atoms with Crippen molar-refractivity contribution in [2.75, 3.05) is 11.9 Å². The smallest absolute Gasteiger partial charge is 0.255 e. The van der Waals surface area contributed by atoms with Crippen molar-refractivity contribution in [1.82, 2.24) is 10.3 Å². The van der Waals surface area contributed by atoms with Gasteiger partial charge in [-0.15, -0.1) is 12.8 Å². The highest BCUT2D eigenvalue weighted by atomic mass is 16.2. The highest BCUT2D eigenvalue weighted by Gasteiger charge is 2.33. The summed E-state index contributed by atoms with van der Waals surface area (Å²) in [6.45, 7) is 8.25. The number of terminal acetylenes is 1. The maximum Gasteiger partial charge on any atom is 0.255 e. The number of carbonyl (C=O) groups is 2. The summed E-state index contributed by atoms with van der Waals surface area (Å²) in [5.74, 6) is 0.461. The first-order chi connectivity index (χ1) is 22.0. The Kier molecular flexibility index (Phi) is 16.8. The topological polar surface area (TPSA) is 62.3 Å². The van der Waals surface area contributed by atoms with Crippen LogP contribution in [-0.4, -0.2) is 29.8 Å². The van der Waals surface area contributed by atoms with Crippen molar-refractivity contribution in [2.45, 2.75) is 85.1 Å². The summed E-state index contributed by atoms with van der Waals surface area (Å²) in [5, 5.41) is 3.07. The third kappa shape index (κ3) is 11.5. The Morgan fingerprint density at radius 2 is 1.44 bits per heavy atom. The van der Waals surface area contributed by atoms with Crippen molar-refractivity contribution in [3.63, 3.8) is 0 Å². The van der Waals surface area contributed by atoms with Crippen LogP contribution in [0, 0.1) is 18.8 Å². The Morgan fingerprint density at radius 1 is 0.867 bits per heavy atom. The fraction of sp³-hybridized carbons (Fsp3) is 0.375. The van der Waals surface area contributed by atoms with Gasteiger partial charge >= 0.3 is 0 Å². The van der Waals surface area contributed by atoms with Gasteiger partial charge in [-0.05, 0) is 72.9 Å². The normalized spacial score (nSPS) is 17.8. The molecule has 5 nitrogen and oxygen atoms in total. The molecule has 1 unspecified atom stereocenters. The quantitative estimate of drug-likeness (QED) is 0.236. The molecule has 3 aliphatic rings. The van der Waals surface area contributed by atoms with Crippen LogP contribution < -0.4 is 10.2 Å². The lowest BCUT2D eigenvalue weighted by molar-refractivity contribution is -0.127. The number of ketones is 1. The number of pyridine rings is 1.